The van der Waals surface area contributed by atoms with Crippen LogP contribution in [0.3, 0.4) is 0 Å². The lowest BCUT2D eigenvalue weighted by Gasteiger charge is -2.05. The highest BCUT2D eigenvalue weighted by molar-refractivity contribution is 14.1. The van der Waals surface area contributed by atoms with E-state index in [-0.39, 0.29) is 5.97 Å². The van der Waals surface area contributed by atoms with Crippen LogP contribution in [0.15, 0.2) is 12.4 Å². The number of hydrogen-bond donors (Lipinski definition) is 1. The minimum atomic E-state index is -0.362. The number of esters is 1. The van der Waals surface area contributed by atoms with Crippen LogP contribution in [0.4, 0.5) is 0 Å². The van der Waals surface area contributed by atoms with Gasteiger partial charge in [0.2, 0.25) is 0 Å². The van der Waals surface area contributed by atoms with Crippen LogP contribution < -0.4 is 0 Å². The van der Waals surface area contributed by atoms with Crippen LogP contribution in [0.1, 0.15) is 23.0 Å². The van der Waals surface area contributed by atoms with Crippen molar-refractivity contribution in [3.8, 4) is 0 Å². The van der Waals surface area contributed by atoms with E-state index in [1.807, 2.05) is 13.1 Å². The molecule has 2 aromatic heterocycles. The summed E-state index contributed by atoms with van der Waals surface area (Å²) in [5.74, 6) is -0.362. The molecule has 0 amide bonds. The van der Waals surface area contributed by atoms with Crippen molar-refractivity contribution in [3.63, 3.8) is 0 Å². The van der Waals surface area contributed by atoms with Gasteiger partial charge in [-0.2, -0.15) is 0 Å². The Kier molecular flexibility index (Phi) is 3.13. The molecular formula is C11H11IN2O2. The van der Waals surface area contributed by atoms with E-state index >= 15 is 0 Å². The Bertz CT molecular complexity index is 548. The maximum Gasteiger partial charge on any atom is 0.357 e. The van der Waals surface area contributed by atoms with Crippen LogP contribution in [-0.4, -0.2) is 22.5 Å². The van der Waals surface area contributed by atoms with Gasteiger partial charge in [-0.15, -0.1) is 0 Å². The number of nitrogens with one attached hydrogen (secondary N) is 1. The van der Waals surface area contributed by atoms with Gasteiger partial charge in [0.1, 0.15) is 0 Å². The van der Waals surface area contributed by atoms with Crippen molar-refractivity contribution >= 4 is 39.5 Å². The van der Waals surface area contributed by atoms with E-state index in [0.717, 1.165) is 20.0 Å². The molecule has 0 aromatic carbocycles. The molecule has 16 heavy (non-hydrogen) atoms. The number of fused-ring (bicyclic) bond motifs is 1. The molecule has 0 aliphatic rings. The number of ether oxygens (including phenoxy) is 1. The van der Waals surface area contributed by atoms with E-state index < -0.39 is 0 Å². The fourth-order valence-electron chi connectivity index (χ4n) is 1.65. The Morgan fingerprint density at radius 2 is 2.38 bits per heavy atom. The van der Waals surface area contributed by atoms with Gasteiger partial charge in [-0.1, -0.05) is 0 Å². The molecule has 2 rings (SSSR count). The summed E-state index contributed by atoms with van der Waals surface area (Å²) in [5, 5.41) is 1.04. The van der Waals surface area contributed by atoms with E-state index in [9.17, 15) is 4.79 Å². The predicted octanol–water partition coefficient (Wildman–Crippen LogP) is 2.65. The third-order valence-corrected chi connectivity index (χ3v) is 3.24. The number of aromatic amines is 1. The van der Waals surface area contributed by atoms with E-state index in [2.05, 4.69) is 32.6 Å². The van der Waals surface area contributed by atoms with Crippen molar-refractivity contribution in [2.24, 2.45) is 0 Å². The number of aryl methyl sites for hydroxylation is 1. The summed E-state index contributed by atoms with van der Waals surface area (Å²) in [4.78, 5) is 18.9. The summed E-state index contributed by atoms with van der Waals surface area (Å²) in [5.41, 5.74) is 2.20. The summed E-state index contributed by atoms with van der Waals surface area (Å²) in [6.45, 7) is 4.03. The average molecular weight is 330 g/mol. The first-order valence-electron chi connectivity index (χ1n) is 4.94. The largest absolute Gasteiger partial charge is 0.461 e. The number of carbonyl (C=O) groups excluding carboxylic acids is 1. The molecule has 1 N–H and O–H groups in total. The Labute approximate surface area is 107 Å². The van der Waals surface area contributed by atoms with Gasteiger partial charge < -0.3 is 9.72 Å². The molecule has 0 radical (unpaired) electrons. The first-order chi connectivity index (χ1) is 7.65. The number of pyridine rings is 1. The van der Waals surface area contributed by atoms with Crippen LogP contribution >= 0.6 is 22.6 Å². The number of hydrogen-bond acceptors (Lipinski definition) is 3. The molecular weight excluding hydrogens is 319 g/mol. The molecule has 2 aromatic rings. The maximum atomic E-state index is 11.6. The molecule has 0 spiro atoms. The second kappa shape index (κ2) is 4.40. The first-order valence-corrected chi connectivity index (χ1v) is 6.02. The van der Waals surface area contributed by atoms with Crippen LogP contribution in [0.5, 0.6) is 0 Å². The SMILES string of the molecule is CCOC(=O)c1ncc2[nH]cc(I)c2c1C. The van der Waals surface area contributed by atoms with Gasteiger partial charge in [0.15, 0.2) is 5.69 Å². The van der Waals surface area contributed by atoms with Crippen LogP contribution in [0, 0.1) is 10.5 Å². The Balaban J connectivity index is 2.59. The first kappa shape index (κ1) is 11.4. The fourth-order valence-corrected chi connectivity index (χ4v) is 2.50. The zero-order valence-electron chi connectivity index (χ0n) is 9.00. The summed E-state index contributed by atoms with van der Waals surface area (Å²) in [6, 6.07) is 0. The predicted molar refractivity (Wildman–Crippen MR) is 69.5 cm³/mol. The van der Waals surface area contributed by atoms with E-state index in [4.69, 9.17) is 4.74 Å². The fraction of sp³-hybridized carbons (Fsp3) is 0.273. The number of H-pyrrole nitrogens is 1. The number of rotatable bonds is 2. The van der Waals surface area contributed by atoms with E-state index in [1.54, 1.807) is 13.1 Å². The molecule has 0 aliphatic carbocycles. The topological polar surface area (TPSA) is 55.0 Å². The van der Waals surface area contributed by atoms with Crippen molar-refractivity contribution < 1.29 is 9.53 Å². The van der Waals surface area contributed by atoms with Crippen molar-refractivity contribution in [1.82, 2.24) is 9.97 Å². The van der Waals surface area contributed by atoms with E-state index in [1.165, 1.54) is 0 Å². The molecule has 0 aliphatic heterocycles. The molecule has 0 bridgehead atoms. The second-order valence-corrected chi connectivity index (χ2v) is 4.54. The monoisotopic (exact) mass is 330 g/mol. The Morgan fingerprint density at radius 1 is 1.62 bits per heavy atom. The molecule has 5 heteroatoms. The summed E-state index contributed by atoms with van der Waals surface area (Å²) < 4.78 is 6.04. The average Bonchev–Trinajstić information content (AvgIpc) is 2.62. The third-order valence-electron chi connectivity index (χ3n) is 2.38. The Morgan fingerprint density at radius 3 is 3.06 bits per heavy atom. The molecule has 2 heterocycles. The minimum absolute atomic E-state index is 0.362. The molecule has 0 saturated carbocycles. The van der Waals surface area contributed by atoms with Crippen molar-refractivity contribution in [3.05, 3.63) is 27.2 Å². The molecule has 0 unspecified atom stereocenters. The zero-order chi connectivity index (χ0) is 11.7. The van der Waals surface area contributed by atoms with Gasteiger partial charge in [-0.05, 0) is 42.0 Å². The second-order valence-electron chi connectivity index (χ2n) is 3.38. The van der Waals surface area contributed by atoms with Crippen molar-refractivity contribution in [2.45, 2.75) is 13.8 Å². The van der Waals surface area contributed by atoms with Crippen molar-refractivity contribution in [2.75, 3.05) is 6.61 Å². The minimum Gasteiger partial charge on any atom is -0.461 e. The van der Waals surface area contributed by atoms with Gasteiger partial charge >= 0.3 is 5.97 Å². The number of nitrogens with zero attached hydrogens (tertiary/aromatic N) is 1. The number of aromatic nitrogens is 2. The lowest BCUT2D eigenvalue weighted by molar-refractivity contribution is 0.0519. The van der Waals surface area contributed by atoms with Crippen LogP contribution in [0.2, 0.25) is 0 Å². The maximum absolute atomic E-state index is 11.6. The number of halogens is 1. The lowest BCUT2D eigenvalue weighted by Crippen LogP contribution is -2.09. The molecule has 0 atom stereocenters. The summed E-state index contributed by atoms with van der Waals surface area (Å²) >= 11 is 2.23. The van der Waals surface area contributed by atoms with Crippen molar-refractivity contribution in [1.29, 1.82) is 0 Å². The highest BCUT2D eigenvalue weighted by atomic mass is 127. The molecule has 0 fully saturated rings. The summed E-state index contributed by atoms with van der Waals surface area (Å²) in [6.07, 6.45) is 3.56. The molecule has 4 nitrogen and oxygen atoms in total. The normalized spacial score (nSPS) is 10.7. The molecule has 0 saturated heterocycles. The highest BCUT2D eigenvalue weighted by Gasteiger charge is 2.16. The Hall–Kier alpha value is -1.11. The zero-order valence-corrected chi connectivity index (χ0v) is 11.2. The lowest BCUT2D eigenvalue weighted by atomic mass is 10.1. The van der Waals surface area contributed by atoms with Gasteiger partial charge in [0.25, 0.3) is 0 Å². The standard InChI is InChI=1S/C11H11IN2O2/c1-3-16-11(15)10-6(2)9-7(12)4-13-8(9)5-14-10/h4-5,13H,3H2,1-2H3. The van der Waals surface area contributed by atoms with Gasteiger partial charge in [0, 0.05) is 15.2 Å². The van der Waals surface area contributed by atoms with Gasteiger partial charge in [-0.3, -0.25) is 0 Å². The van der Waals surface area contributed by atoms with E-state index in [0.29, 0.717) is 12.3 Å². The van der Waals surface area contributed by atoms with Gasteiger partial charge in [0.05, 0.1) is 18.3 Å². The third kappa shape index (κ3) is 1.79. The van der Waals surface area contributed by atoms with Crippen LogP contribution in [0.25, 0.3) is 10.9 Å². The quantitative estimate of drug-likeness (QED) is 0.680. The highest BCUT2D eigenvalue weighted by Crippen LogP contribution is 2.24. The summed E-state index contributed by atoms with van der Waals surface area (Å²) in [7, 11) is 0. The molecule has 84 valence electrons. The smallest absolute Gasteiger partial charge is 0.357 e. The van der Waals surface area contributed by atoms with Crippen LogP contribution in [-0.2, 0) is 4.74 Å². The van der Waals surface area contributed by atoms with Gasteiger partial charge in [-0.25, -0.2) is 9.78 Å². The number of carbonyl (C=O) groups is 1.